The predicted octanol–water partition coefficient (Wildman–Crippen LogP) is 3.03. The third kappa shape index (κ3) is 3.51. The van der Waals surface area contributed by atoms with Crippen molar-refractivity contribution in [2.24, 2.45) is 0 Å². The summed E-state index contributed by atoms with van der Waals surface area (Å²) in [5.41, 5.74) is 4.31. The molecule has 124 valence electrons. The average Bonchev–Trinajstić information content (AvgIpc) is 3.02. The van der Waals surface area contributed by atoms with Gasteiger partial charge in [0, 0.05) is 5.75 Å². The molecule has 0 unspecified atom stereocenters. The lowest BCUT2D eigenvalue weighted by atomic mass is 10.1. The second-order valence-electron chi connectivity index (χ2n) is 5.56. The molecular formula is C17H18N4O2S. The number of aryl methyl sites for hydroxylation is 3. The molecule has 3 rings (SSSR count). The van der Waals surface area contributed by atoms with Crippen molar-refractivity contribution in [2.75, 3.05) is 5.75 Å². The van der Waals surface area contributed by atoms with E-state index in [1.807, 2.05) is 6.07 Å². The Balaban J connectivity index is 1.69. The second-order valence-corrected chi connectivity index (χ2v) is 6.63. The zero-order chi connectivity index (χ0) is 17.1. The van der Waals surface area contributed by atoms with E-state index in [1.165, 1.54) is 17.2 Å². The van der Waals surface area contributed by atoms with Crippen LogP contribution < -0.4 is 0 Å². The maximum absolute atomic E-state index is 9.53. The normalized spacial score (nSPS) is 10.9. The Bertz CT molecular complexity index is 864. The lowest BCUT2D eigenvalue weighted by Crippen LogP contribution is -2.01. The van der Waals surface area contributed by atoms with Crippen molar-refractivity contribution < 1.29 is 10.2 Å². The van der Waals surface area contributed by atoms with Crippen molar-refractivity contribution >= 4 is 11.8 Å². The van der Waals surface area contributed by atoms with Crippen LogP contribution in [-0.2, 0) is 6.42 Å². The highest BCUT2D eigenvalue weighted by molar-refractivity contribution is 7.99. The number of hydrogen-bond acceptors (Lipinski definition) is 6. The van der Waals surface area contributed by atoms with Crippen LogP contribution in [0.15, 0.2) is 41.6 Å². The van der Waals surface area contributed by atoms with Crippen LogP contribution in [0, 0.1) is 13.8 Å². The van der Waals surface area contributed by atoms with Gasteiger partial charge < -0.3 is 10.2 Å². The molecule has 3 aromatic rings. The summed E-state index contributed by atoms with van der Waals surface area (Å²) < 4.78 is 1.73. The first-order chi connectivity index (χ1) is 11.5. The van der Waals surface area contributed by atoms with Crippen LogP contribution in [0.2, 0.25) is 0 Å². The minimum Gasteiger partial charge on any atom is -0.504 e. The zero-order valence-electron chi connectivity index (χ0n) is 13.5. The zero-order valence-corrected chi connectivity index (χ0v) is 14.3. The van der Waals surface area contributed by atoms with E-state index in [9.17, 15) is 10.2 Å². The summed E-state index contributed by atoms with van der Waals surface area (Å²) in [5.74, 6) is 0.553. The van der Waals surface area contributed by atoms with E-state index in [1.54, 1.807) is 28.6 Å². The van der Waals surface area contributed by atoms with Gasteiger partial charge in [0.25, 0.3) is 0 Å². The summed E-state index contributed by atoms with van der Waals surface area (Å²) in [5, 5.41) is 31.5. The van der Waals surface area contributed by atoms with Gasteiger partial charge in [0.1, 0.15) is 0 Å². The van der Waals surface area contributed by atoms with Gasteiger partial charge in [-0.15, -0.1) is 5.10 Å². The van der Waals surface area contributed by atoms with E-state index >= 15 is 0 Å². The van der Waals surface area contributed by atoms with Gasteiger partial charge >= 0.3 is 0 Å². The molecule has 2 aromatic carbocycles. The summed E-state index contributed by atoms with van der Waals surface area (Å²) >= 11 is 1.55. The summed E-state index contributed by atoms with van der Waals surface area (Å²) in [7, 11) is 0. The first-order valence-electron chi connectivity index (χ1n) is 7.54. The highest BCUT2D eigenvalue weighted by Gasteiger charge is 2.10. The Morgan fingerprint density at radius 1 is 1.00 bits per heavy atom. The van der Waals surface area contributed by atoms with E-state index in [0.717, 1.165) is 28.6 Å². The molecule has 0 radical (unpaired) electrons. The minimum atomic E-state index is -0.106. The number of rotatable bonds is 5. The molecule has 0 aliphatic heterocycles. The van der Waals surface area contributed by atoms with E-state index in [0.29, 0.717) is 0 Å². The number of hydrogen-bond donors (Lipinski definition) is 2. The largest absolute Gasteiger partial charge is 0.504 e. The molecule has 0 saturated heterocycles. The molecule has 0 aliphatic carbocycles. The number of nitrogens with zero attached hydrogens (tertiary/aromatic N) is 4. The van der Waals surface area contributed by atoms with Crippen molar-refractivity contribution in [2.45, 2.75) is 25.4 Å². The smallest absolute Gasteiger partial charge is 0.214 e. The standard InChI is InChI=1S/C17H18N4O2S/c1-11-3-5-14(9-12(11)2)21-17(18-19-20-21)24-8-7-13-4-6-15(22)16(23)10-13/h3-6,9-10,22-23H,7-8H2,1-2H3. The van der Waals surface area contributed by atoms with Gasteiger partial charge in [0.2, 0.25) is 5.16 Å². The summed E-state index contributed by atoms with van der Waals surface area (Å²) in [6.45, 7) is 4.13. The molecule has 0 amide bonds. The van der Waals surface area contributed by atoms with Crippen LogP contribution in [0.3, 0.4) is 0 Å². The molecule has 0 fully saturated rings. The summed E-state index contributed by atoms with van der Waals surface area (Å²) in [4.78, 5) is 0. The molecule has 0 aliphatic rings. The lowest BCUT2D eigenvalue weighted by molar-refractivity contribution is 0.403. The molecule has 6 nitrogen and oxygen atoms in total. The van der Waals surface area contributed by atoms with Gasteiger partial charge in [-0.1, -0.05) is 23.9 Å². The molecule has 0 spiro atoms. The Kier molecular flexibility index (Phi) is 4.71. The molecule has 2 N–H and O–H groups in total. The van der Waals surface area contributed by atoms with Gasteiger partial charge in [-0.3, -0.25) is 0 Å². The van der Waals surface area contributed by atoms with Gasteiger partial charge in [0.05, 0.1) is 5.69 Å². The van der Waals surface area contributed by atoms with Gasteiger partial charge in [0.15, 0.2) is 11.5 Å². The number of aromatic nitrogens is 4. The Morgan fingerprint density at radius 2 is 1.83 bits per heavy atom. The van der Waals surface area contributed by atoms with Gasteiger partial charge in [-0.25, -0.2) is 0 Å². The fraction of sp³-hybridized carbons (Fsp3) is 0.235. The highest BCUT2D eigenvalue weighted by Crippen LogP contribution is 2.26. The fourth-order valence-corrected chi connectivity index (χ4v) is 3.15. The van der Waals surface area contributed by atoms with Gasteiger partial charge in [-0.2, -0.15) is 4.68 Å². The fourth-order valence-electron chi connectivity index (χ4n) is 2.27. The predicted molar refractivity (Wildman–Crippen MR) is 92.8 cm³/mol. The Labute approximate surface area is 144 Å². The molecular weight excluding hydrogens is 324 g/mol. The van der Waals surface area contributed by atoms with Crippen molar-refractivity contribution in [3.05, 3.63) is 53.1 Å². The van der Waals surface area contributed by atoms with Crippen molar-refractivity contribution in [3.8, 4) is 17.2 Å². The number of thioether (sulfide) groups is 1. The monoisotopic (exact) mass is 342 g/mol. The summed E-state index contributed by atoms with van der Waals surface area (Å²) in [6, 6.07) is 11.0. The van der Waals surface area contributed by atoms with E-state index in [2.05, 4.69) is 41.5 Å². The summed E-state index contributed by atoms with van der Waals surface area (Å²) in [6.07, 6.45) is 0.734. The Hall–Kier alpha value is -2.54. The maximum Gasteiger partial charge on any atom is 0.214 e. The average molecular weight is 342 g/mol. The molecule has 0 saturated carbocycles. The third-order valence-electron chi connectivity index (χ3n) is 3.84. The lowest BCUT2D eigenvalue weighted by Gasteiger charge is -2.07. The molecule has 24 heavy (non-hydrogen) atoms. The molecule has 1 aromatic heterocycles. The topological polar surface area (TPSA) is 84.1 Å². The molecule has 0 atom stereocenters. The quantitative estimate of drug-likeness (QED) is 0.548. The number of phenolic OH excluding ortho intramolecular Hbond substituents is 2. The second kappa shape index (κ2) is 6.92. The number of aromatic hydroxyl groups is 2. The van der Waals surface area contributed by atoms with Crippen LogP contribution in [-0.4, -0.2) is 36.2 Å². The number of phenols is 2. The minimum absolute atomic E-state index is 0.0996. The number of benzene rings is 2. The first-order valence-corrected chi connectivity index (χ1v) is 8.53. The highest BCUT2D eigenvalue weighted by atomic mass is 32.2. The molecule has 0 bridgehead atoms. The maximum atomic E-state index is 9.53. The van der Waals surface area contributed by atoms with Crippen LogP contribution >= 0.6 is 11.8 Å². The van der Waals surface area contributed by atoms with E-state index in [-0.39, 0.29) is 11.5 Å². The number of tetrazole rings is 1. The van der Waals surface area contributed by atoms with Crippen LogP contribution in [0.5, 0.6) is 11.5 Å². The van der Waals surface area contributed by atoms with E-state index in [4.69, 9.17) is 0 Å². The van der Waals surface area contributed by atoms with Crippen LogP contribution in [0.1, 0.15) is 16.7 Å². The molecule has 7 heteroatoms. The van der Waals surface area contributed by atoms with Crippen molar-refractivity contribution in [3.63, 3.8) is 0 Å². The van der Waals surface area contributed by atoms with Crippen molar-refractivity contribution in [1.82, 2.24) is 20.2 Å². The van der Waals surface area contributed by atoms with Gasteiger partial charge in [-0.05, 0) is 71.7 Å². The van der Waals surface area contributed by atoms with E-state index < -0.39 is 0 Å². The van der Waals surface area contributed by atoms with Crippen molar-refractivity contribution in [1.29, 1.82) is 0 Å². The third-order valence-corrected chi connectivity index (χ3v) is 4.76. The SMILES string of the molecule is Cc1ccc(-n2nnnc2SCCc2ccc(O)c(O)c2)cc1C. The Morgan fingerprint density at radius 3 is 2.58 bits per heavy atom. The first kappa shape index (κ1) is 16.3. The van der Waals surface area contributed by atoms with Crippen LogP contribution in [0.25, 0.3) is 5.69 Å². The molecule has 1 heterocycles. The van der Waals surface area contributed by atoms with Crippen LogP contribution in [0.4, 0.5) is 0 Å².